The zero-order chi connectivity index (χ0) is 37.7. The van der Waals surface area contributed by atoms with Gasteiger partial charge in [0, 0.05) is 25.7 Å². The normalized spacial score (nSPS) is 15.4. The number of hydrogen-bond acceptors (Lipinski definition) is 10. The van der Waals surface area contributed by atoms with E-state index in [0.29, 0.717) is 19.3 Å². The van der Waals surface area contributed by atoms with Crippen LogP contribution in [-0.4, -0.2) is 90.4 Å². The van der Waals surface area contributed by atoms with Gasteiger partial charge in [-0.2, -0.15) is 0 Å². The van der Waals surface area contributed by atoms with E-state index < -0.39 is 72.6 Å². The number of carbonyl (C=O) groups excluding carboxylic acids is 4. The van der Waals surface area contributed by atoms with Gasteiger partial charge in [-0.1, -0.05) is 129 Å². The lowest BCUT2D eigenvalue weighted by molar-refractivity contribution is -0.194. The van der Waals surface area contributed by atoms with Crippen LogP contribution in [0.4, 0.5) is 0 Å². The summed E-state index contributed by atoms with van der Waals surface area (Å²) in [4.78, 5) is 52.6. The molecule has 6 N–H and O–H groups in total. The van der Waals surface area contributed by atoms with Gasteiger partial charge in [-0.05, 0) is 38.5 Å². The molecule has 0 radical (unpaired) electrons. The predicted octanol–water partition coefficient (Wildman–Crippen LogP) is 6.17. The number of ketones is 4. The molecule has 0 bridgehead atoms. The first-order chi connectivity index (χ1) is 24.0. The van der Waals surface area contributed by atoms with E-state index in [1.807, 2.05) is 0 Å². The van der Waals surface area contributed by atoms with Crippen molar-refractivity contribution in [3.63, 3.8) is 0 Å². The van der Waals surface area contributed by atoms with Crippen LogP contribution < -0.4 is 0 Å². The average Bonchev–Trinajstić information content (AvgIpc) is 3.12. The van der Waals surface area contributed by atoms with Gasteiger partial charge >= 0.3 is 0 Å². The van der Waals surface area contributed by atoms with Gasteiger partial charge in [-0.15, -0.1) is 0 Å². The van der Waals surface area contributed by atoms with Crippen molar-refractivity contribution < 1.29 is 49.8 Å². The number of unbranched alkanes of at least 4 members (excludes halogenated alkanes) is 19. The van der Waals surface area contributed by atoms with Gasteiger partial charge < -0.3 is 30.6 Å². The minimum Gasteiger partial charge on any atom is -0.394 e. The Bertz CT molecular complexity index is 950. The Kier molecular flexibility index (Phi) is 28.6. The van der Waals surface area contributed by atoms with E-state index in [4.69, 9.17) is 5.11 Å². The van der Waals surface area contributed by atoms with Crippen LogP contribution in [0.15, 0.2) is 12.2 Å². The summed E-state index contributed by atoms with van der Waals surface area (Å²) in [6, 6.07) is 0. The van der Waals surface area contributed by atoms with Crippen molar-refractivity contribution in [2.24, 2.45) is 0 Å². The molecule has 4 unspecified atom stereocenters. The maximum absolute atomic E-state index is 13.5. The Labute approximate surface area is 302 Å². The minimum atomic E-state index is -3.29. The van der Waals surface area contributed by atoms with E-state index in [9.17, 15) is 44.7 Å². The Morgan fingerprint density at radius 3 is 1.34 bits per heavy atom. The number of aliphatic hydroxyl groups excluding tert-OH is 4. The lowest BCUT2D eigenvalue weighted by Crippen LogP contribution is -2.69. The SMILES string of the molecule is CCCCCC/C=C/CCCCCCCC(=O)C(O)(C(=O)CCC(=O)C(O)C(O)CO)C(O)(CO)C(=O)CCCCCCCCCCCCC. The maximum atomic E-state index is 13.5. The topological polar surface area (TPSA) is 190 Å². The summed E-state index contributed by atoms with van der Waals surface area (Å²) >= 11 is 0. The second kappa shape index (κ2) is 29.7. The third-order valence-electron chi connectivity index (χ3n) is 9.75. The molecule has 0 saturated heterocycles. The zero-order valence-electron chi connectivity index (χ0n) is 31.4. The lowest BCUT2D eigenvalue weighted by Gasteiger charge is -2.39. The molecule has 0 rings (SSSR count). The third-order valence-corrected chi connectivity index (χ3v) is 9.75. The summed E-state index contributed by atoms with van der Waals surface area (Å²) in [7, 11) is 0. The molecule has 0 aliphatic carbocycles. The summed E-state index contributed by atoms with van der Waals surface area (Å²) in [6.45, 7) is 2.10. The number of Topliss-reactive ketones (excluding diaryl/α,β-unsaturated/α-hetero) is 4. The molecule has 0 aromatic carbocycles. The number of rotatable bonds is 36. The molecule has 0 saturated carbocycles. The Balaban J connectivity index is 5.25. The molecule has 0 aliphatic rings. The highest BCUT2D eigenvalue weighted by molar-refractivity contribution is 6.16. The number of allylic oxidation sites excluding steroid dienone is 2. The molecule has 0 amide bonds. The molecule has 0 spiro atoms. The molecule has 0 aliphatic heterocycles. The van der Waals surface area contributed by atoms with Crippen LogP contribution in [0.3, 0.4) is 0 Å². The van der Waals surface area contributed by atoms with Gasteiger partial charge in [0.05, 0.1) is 13.2 Å². The van der Waals surface area contributed by atoms with E-state index >= 15 is 0 Å². The highest BCUT2D eigenvalue weighted by Gasteiger charge is 2.62. The quantitative estimate of drug-likeness (QED) is 0.0249. The summed E-state index contributed by atoms with van der Waals surface area (Å²) in [5.74, 6) is -4.49. The Hall–Kier alpha value is -1.82. The first-order valence-electron chi connectivity index (χ1n) is 19.8. The molecule has 0 aromatic heterocycles. The monoisotopic (exact) mass is 713 g/mol. The first-order valence-corrected chi connectivity index (χ1v) is 19.8. The Morgan fingerprint density at radius 1 is 0.520 bits per heavy atom. The number of carbonyl (C=O) groups is 4. The van der Waals surface area contributed by atoms with Gasteiger partial charge in [0.15, 0.2) is 28.7 Å². The molecule has 0 heterocycles. The van der Waals surface area contributed by atoms with Crippen molar-refractivity contribution in [3.05, 3.63) is 12.2 Å². The Morgan fingerprint density at radius 2 is 0.900 bits per heavy atom. The van der Waals surface area contributed by atoms with E-state index in [1.54, 1.807) is 0 Å². The summed E-state index contributed by atoms with van der Waals surface area (Å²) in [6.07, 6.45) is 20.4. The molecule has 4 atom stereocenters. The summed E-state index contributed by atoms with van der Waals surface area (Å²) < 4.78 is 0. The largest absolute Gasteiger partial charge is 0.394 e. The van der Waals surface area contributed by atoms with Gasteiger partial charge in [-0.25, -0.2) is 0 Å². The smallest absolute Gasteiger partial charge is 0.219 e. The van der Waals surface area contributed by atoms with Crippen LogP contribution in [0.5, 0.6) is 0 Å². The second-order valence-electron chi connectivity index (χ2n) is 14.1. The van der Waals surface area contributed by atoms with Crippen LogP contribution in [0.1, 0.15) is 181 Å². The first kappa shape index (κ1) is 48.2. The molecule has 0 fully saturated rings. The second-order valence-corrected chi connectivity index (χ2v) is 14.1. The molecule has 50 heavy (non-hydrogen) atoms. The van der Waals surface area contributed by atoms with Crippen molar-refractivity contribution in [2.45, 2.75) is 204 Å². The molecule has 10 heteroatoms. The standard InChI is InChI=1S/C40H72O10/c1-3-5-7-9-11-13-15-16-18-20-22-24-26-28-36(46)40(50,37(47)30-29-33(43)38(48)34(44)31-41)39(49,32-42)35(45)27-25-23-21-19-17-14-12-10-8-6-4-2/h13,15,34,38,41-42,44,48-50H,3-12,14,16-32H2,1-2H3/b15-13+. The van der Waals surface area contributed by atoms with Gasteiger partial charge in [0.2, 0.25) is 5.60 Å². The van der Waals surface area contributed by atoms with Gasteiger partial charge in [0.1, 0.15) is 12.2 Å². The summed E-state index contributed by atoms with van der Waals surface area (Å²) in [5, 5.41) is 61.7. The van der Waals surface area contributed by atoms with Crippen molar-refractivity contribution in [1.29, 1.82) is 0 Å². The van der Waals surface area contributed by atoms with Crippen molar-refractivity contribution in [1.82, 2.24) is 0 Å². The highest BCUT2D eigenvalue weighted by atomic mass is 16.4. The lowest BCUT2D eigenvalue weighted by atomic mass is 9.71. The van der Waals surface area contributed by atoms with Gasteiger partial charge in [-0.3, -0.25) is 19.2 Å². The van der Waals surface area contributed by atoms with Crippen molar-refractivity contribution in [3.8, 4) is 0 Å². The van der Waals surface area contributed by atoms with Gasteiger partial charge in [0.25, 0.3) is 0 Å². The fourth-order valence-corrected chi connectivity index (χ4v) is 6.24. The molecular weight excluding hydrogens is 640 g/mol. The van der Waals surface area contributed by atoms with E-state index in [2.05, 4.69) is 26.0 Å². The van der Waals surface area contributed by atoms with Crippen LogP contribution in [0, 0.1) is 0 Å². The van der Waals surface area contributed by atoms with Crippen LogP contribution in [0.25, 0.3) is 0 Å². The fraction of sp³-hybridized carbons (Fsp3) is 0.850. The minimum absolute atomic E-state index is 0.259. The third kappa shape index (κ3) is 18.6. The molecular formula is C40H72O10. The zero-order valence-corrected chi connectivity index (χ0v) is 31.4. The van der Waals surface area contributed by atoms with E-state index in [-0.39, 0.29) is 19.3 Å². The molecule has 292 valence electrons. The van der Waals surface area contributed by atoms with E-state index in [1.165, 1.54) is 57.8 Å². The average molecular weight is 713 g/mol. The summed E-state index contributed by atoms with van der Waals surface area (Å²) in [5.41, 5.74) is -6.39. The molecule has 10 nitrogen and oxygen atoms in total. The maximum Gasteiger partial charge on any atom is 0.219 e. The van der Waals surface area contributed by atoms with Crippen LogP contribution >= 0.6 is 0 Å². The predicted molar refractivity (Wildman–Crippen MR) is 197 cm³/mol. The number of aliphatic hydroxyl groups is 6. The highest BCUT2D eigenvalue weighted by Crippen LogP contribution is 2.32. The number of hydrogen-bond donors (Lipinski definition) is 6. The van der Waals surface area contributed by atoms with Crippen molar-refractivity contribution in [2.75, 3.05) is 13.2 Å². The van der Waals surface area contributed by atoms with Crippen LogP contribution in [0.2, 0.25) is 0 Å². The molecule has 0 aromatic rings. The van der Waals surface area contributed by atoms with E-state index in [0.717, 1.165) is 57.8 Å². The van der Waals surface area contributed by atoms with Crippen molar-refractivity contribution >= 4 is 23.1 Å². The van der Waals surface area contributed by atoms with Crippen LogP contribution in [-0.2, 0) is 19.2 Å². The fourth-order valence-electron chi connectivity index (χ4n) is 6.24.